The Morgan fingerprint density at radius 3 is 2.53 bits per heavy atom. The lowest BCUT2D eigenvalue weighted by Crippen LogP contribution is -2.28. The number of hydrogen-bond acceptors (Lipinski definition) is 1. The molecule has 1 aliphatic carbocycles. The summed E-state index contributed by atoms with van der Waals surface area (Å²) >= 11 is 0. The summed E-state index contributed by atoms with van der Waals surface area (Å²) in [6, 6.07) is 0.295. The smallest absolute Gasteiger partial charge is 0.0258 e. The summed E-state index contributed by atoms with van der Waals surface area (Å²) in [5, 5.41) is 0. The molecule has 15 heavy (non-hydrogen) atoms. The molecule has 0 aliphatic heterocycles. The van der Waals surface area contributed by atoms with Crippen molar-refractivity contribution in [2.45, 2.75) is 71.8 Å². The Labute approximate surface area is 95.1 Å². The second-order valence-electron chi connectivity index (χ2n) is 6.10. The maximum atomic E-state index is 6.29. The fourth-order valence-corrected chi connectivity index (χ4v) is 2.34. The Kier molecular flexibility index (Phi) is 4.85. The highest BCUT2D eigenvalue weighted by Gasteiger charge is 2.18. The van der Waals surface area contributed by atoms with Crippen LogP contribution in [0.25, 0.3) is 0 Å². The van der Waals surface area contributed by atoms with E-state index in [1.807, 2.05) is 0 Å². The van der Waals surface area contributed by atoms with E-state index >= 15 is 0 Å². The highest BCUT2D eigenvalue weighted by atomic mass is 14.6. The van der Waals surface area contributed by atoms with Crippen molar-refractivity contribution in [1.29, 1.82) is 0 Å². The van der Waals surface area contributed by atoms with E-state index in [9.17, 15) is 0 Å². The van der Waals surface area contributed by atoms with Crippen LogP contribution in [0.4, 0.5) is 0 Å². The second-order valence-corrected chi connectivity index (χ2v) is 6.10. The predicted molar refractivity (Wildman–Crippen MR) is 67.8 cm³/mol. The molecule has 1 unspecified atom stereocenters. The Morgan fingerprint density at radius 1 is 1.20 bits per heavy atom. The summed E-state index contributed by atoms with van der Waals surface area (Å²) in [7, 11) is 0. The van der Waals surface area contributed by atoms with Gasteiger partial charge in [0.1, 0.15) is 0 Å². The third-order valence-corrected chi connectivity index (χ3v) is 3.13. The number of rotatable bonds is 2. The zero-order valence-electron chi connectivity index (χ0n) is 10.7. The van der Waals surface area contributed by atoms with Crippen LogP contribution < -0.4 is 5.73 Å². The molecule has 0 aromatic heterocycles. The Hall–Kier alpha value is -0.300. The monoisotopic (exact) mass is 209 g/mol. The van der Waals surface area contributed by atoms with Gasteiger partial charge in [0, 0.05) is 6.04 Å². The van der Waals surface area contributed by atoms with Crippen LogP contribution in [0.5, 0.6) is 0 Å². The third-order valence-electron chi connectivity index (χ3n) is 3.13. The Balaban J connectivity index is 2.52. The van der Waals surface area contributed by atoms with E-state index in [2.05, 4.69) is 26.8 Å². The van der Waals surface area contributed by atoms with E-state index in [0.717, 1.165) is 6.42 Å². The fourth-order valence-electron chi connectivity index (χ4n) is 2.34. The molecule has 1 heteroatoms. The van der Waals surface area contributed by atoms with Gasteiger partial charge in [-0.3, -0.25) is 0 Å². The first-order chi connectivity index (χ1) is 6.99. The van der Waals surface area contributed by atoms with E-state index in [0.29, 0.717) is 11.5 Å². The van der Waals surface area contributed by atoms with Crippen LogP contribution in [0.15, 0.2) is 11.6 Å². The Bertz CT molecular complexity index is 210. The molecule has 0 fully saturated rings. The number of allylic oxidation sites excluding steroid dienone is 1. The van der Waals surface area contributed by atoms with Crippen LogP contribution in [0.3, 0.4) is 0 Å². The van der Waals surface area contributed by atoms with Crippen molar-refractivity contribution in [3.8, 4) is 0 Å². The molecule has 1 rings (SSSR count). The first kappa shape index (κ1) is 12.8. The SMILES string of the molecule is CC(C)(C)CC(N)C1=CCCCCCC1. The van der Waals surface area contributed by atoms with Crippen molar-refractivity contribution in [3.63, 3.8) is 0 Å². The minimum Gasteiger partial charge on any atom is -0.324 e. The number of hydrogen-bond donors (Lipinski definition) is 1. The van der Waals surface area contributed by atoms with Gasteiger partial charge in [0.05, 0.1) is 0 Å². The molecule has 0 saturated heterocycles. The molecule has 1 aliphatic rings. The lowest BCUT2D eigenvalue weighted by atomic mass is 9.83. The second kappa shape index (κ2) is 5.69. The van der Waals surface area contributed by atoms with Crippen molar-refractivity contribution >= 4 is 0 Å². The molecule has 0 heterocycles. The van der Waals surface area contributed by atoms with E-state index in [1.165, 1.54) is 44.1 Å². The Morgan fingerprint density at radius 2 is 1.87 bits per heavy atom. The van der Waals surface area contributed by atoms with Crippen molar-refractivity contribution in [2.75, 3.05) is 0 Å². The molecular formula is C14H27N. The molecule has 0 aromatic carbocycles. The van der Waals surface area contributed by atoms with Gasteiger partial charge in [-0.1, -0.05) is 45.3 Å². The molecule has 0 radical (unpaired) electrons. The van der Waals surface area contributed by atoms with Gasteiger partial charge in [0.15, 0.2) is 0 Å². The van der Waals surface area contributed by atoms with Crippen molar-refractivity contribution in [3.05, 3.63) is 11.6 Å². The normalized spacial score (nSPS) is 21.5. The molecule has 88 valence electrons. The van der Waals surface area contributed by atoms with Gasteiger partial charge in [0.25, 0.3) is 0 Å². The summed E-state index contributed by atoms with van der Waals surface area (Å²) in [6.07, 6.45) is 11.5. The summed E-state index contributed by atoms with van der Waals surface area (Å²) < 4.78 is 0. The van der Waals surface area contributed by atoms with Gasteiger partial charge in [-0.25, -0.2) is 0 Å². The van der Waals surface area contributed by atoms with Gasteiger partial charge in [0.2, 0.25) is 0 Å². The van der Waals surface area contributed by atoms with Crippen molar-refractivity contribution in [1.82, 2.24) is 0 Å². The van der Waals surface area contributed by atoms with Crippen molar-refractivity contribution < 1.29 is 0 Å². The van der Waals surface area contributed by atoms with Gasteiger partial charge in [-0.05, 0) is 37.5 Å². The van der Waals surface area contributed by atoms with Crippen LogP contribution in [0, 0.1) is 5.41 Å². The summed E-state index contributed by atoms with van der Waals surface area (Å²) in [6.45, 7) is 6.82. The van der Waals surface area contributed by atoms with Gasteiger partial charge >= 0.3 is 0 Å². The quantitative estimate of drug-likeness (QED) is 0.683. The number of nitrogens with two attached hydrogens (primary N) is 1. The minimum absolute atomic E-state index is 0.295. The first-order valence-electron chi connectivity index (χ1n) is 6.43. The first-order valence-corrected chi connectivity index (χ1v) is 6.43. The summed E-state index contributed by atoms with van der Waals surface area (Å²) in [5.74, 6) is 0. The maximum absolute atomic E-state index is 6.29. The van der Waals surface area contributed by atoms with Crippen LogP contribution >= 0.6 is 0 Å². The van der Waals surface area contributed by atoms with Gasteiger partial charge in [-0.2, -0.15) is 0 Å². The van der Waals surface area contributed by atoms with Gasteiger partial charge in [-0.15, -0.1) is 0 Å². The van der Waals surface area contributed by atoms with E-state index in [1.54, 1.807) is 0 Å². The maximum Gasteiger partial charge on any atom is 0.0258 e. The largest absolute Gasteiger partial charge is 0.324 e. The van der Waals surface area contributed by atoms with E-state index in [4.69, 9.17) is 5.73 Å². The van der Waals surface area contributed by atoms with E-state index in [-0.39, 0.29) is 0 Å². The van der Waals surface area contributed by atoms with Crippen molar-refractivity contribution in [2.24, 2.45) is 11.1 Å². The molecule has 0 saturated carbocycles. The molecular weight excluding hydrogens is 182 g/mol. The fraction of sp³-hybridized carbons (Fsp3) is 0.857. The summed E-state index contributed by atoms with van der Waals surface area (Å²) in [4.78, 5) is 0. The average Bonchev–Trinajstić information content (AvgIpc) is 1.98. The lowest BCUT2D eigenvalue weighted by Gasteiger charge is -2.26. The molecule has 0 bridgehead atoms. The summed E-state index contributed by atoms with van der Waals surface area (Å²) in [5.41, 5.74) is 8.15. The highest BCUT2D eigenvalue weighted by molar-refractivity contribution is 5.11. The topological polar surface area (TPSA) is 26.0 Å². The zero-order chi connectivity index (χ0) is 11.3. The molecule has 0 aromatic rings. The van der Waals surface area contributed by atoms with Crippen LogP contribution in [0.2, 0.25) is 0 Å². The molecule has 0 amide bonds. The van der Waals surface area contributed by atoms with Gasteiger partial charge < -0.3 is 5.73 Å². The molecule has 1 nitrogen and oxygen atoms in total. The standard InChI is InChI=1S/C14H27N/c1-14(2,3)11-13(15)12-9-7-5-4-6-8-10-12/h9,13H,4-8,10-11,15H2,1-3H3. The average molecular weight is 209 g/mol. The highest BCUT2D eigenvalue weighted by Crippen LogP contribution is 2.26. The lowest BCUT2D eigenvalue weighted by molar-refractivity contribution is 0.351. The van der Waals surface area contributed by atoms with Crippen LogP contribution in [-0.4, -0.2) is 6.04 Å². The predicted octanol–water partition coefficient (Wildman–Crippen LogP) is 4.03. The molecule has 0 spiro atoms. The zero-order valence-corrected chi connectivity index (χ0v) is 10.7. The third kappa shape index (κ3) is 5.36. The van der Waals surface area contributed by atoms with Crippen LogP contribution in [-0.2, 0) is 0 Å². The minimum atomic E-state index is 0.295. The van der Waals surface area contributed by atoms with Crippen LogP contribution in [0.1, 0.15) is 65.7 Å². The molecule has 2 N–H and O–H groups in total. The van der Waals surface area contributed by atoms with E-state index < -0.39 is 0 Å². The molecule has 1 atom stereocenters.